The summed E-state index contributed by atoms with van der Waals surface area (Å²) in [6, 6.07) is 21.6. The van der Waals surface area contributed by atoms with Gasteiger partial charge in [-0.1, -0.05) is 66.2 Å². The van der Waals surface area contributed by atoms with Crippen LogP contribution in [0.2, 0.25) is 5.02 Å². The lowest BCUT2D eigenvalue weighted by atomic mass is 9.77. The van der Waals surface area contributed by atoms with E-state index >= 15 is 0 Å². The van der Waals surface area contributed by atoms with Gasteiger partial charge >= 0.3 is 0 Å². The molecular weight excluding hydrogens is 442 g/mol. The van der Waals surface area contributed by atoms with Gasteiger partial charge in [0.15, 0.2) is 0 Å². The molecule has 3 aromatic carbocycles. The van der Waals surface area contributed by atoms with E-state index in [0.717, 1.165) is 4.90 Å². The topological polar surface area (TPSA) is 80.8 Å². The van der Waals surface area contributed by atoms with E-state index in [1.54, 1.807) is 78.9 Å². The summed E-state index contributed by atoms with van der Waals surface area (Å²) in [4.78, 5) is 55.8. The van der Waals surface area contributed by atoms with E-state index in [4.69, 9.17) is 16.3 Å². The fourth-order valence-corrected chi connectivity index (χ4v) is 5.43. The summed E-state index contributed by atoms with van der Waals surface area (Å²) in [5, 5.41) is 0.489. The maximum absolute atomic E-state index is 13.7. The fourth-order valence-electron chi connectivity index (χ4n) is 5.30. The highest BCUT2D eigenvalue weighted by Gasteiger charge is 2.74. The Morgan fingerprint density at radius 2 is 1.30 bits per heavy atom. The smallest absolute Gasteiger partial charge is 0.241 e. The van der Waals surface area contributed by atoms with E-state index in [1.165, 1.54) is 0 Å². The second-order valence-corrected chi connectivity index (χ2v) is 8.82. The Bertz CT molecular complexity index is 1320. The number of anilines is 1. The minimum absolute atomic E-state index is 0.205. The maximum atomic E-state index is 13.7. The zero-order valence-electron chi connectivity index (χ0n) is 17.1. The molecule has 0 saturated carbocycles. The average molecular weight is 458 g/mol. The number of hydrogen-bond donors (Lipinski definition) is 0. The molecule has 2 heterocycles. The molecule has 0 unspecified atom stereocenters. The molecule has 1 spiro atoms. The molecule has 3 aromatic rings. The molecule has 162 valence electrons. The van der Waals surface area contributed by atoms with E-state index in [9.17, 15) is 19.2 Å². The number of amides is 2. The number of fused-ring (bicyclic) bond motifs is 3. The molecule has 6 nitrogen and oxygen atoms in total. The van der Waals surface area contributed by atoms with E-state index in [2.05, 4.69) is 0 Å². The molecule has 33 heavy (non-hydrogen) atoms. The Hall–Kier alpha value is -3.61. The lowest BCUT2D eigenvalue weighted by Crippen LogP contribution is -2.51. The molecule has 0 N–H and O–H groups in total. The molecular formula is C26H16ClNO5. The van der Waals surface area contributed by atoms with Gasteiger partial charge in [0.25, 0.3) is 0 Å². The van der Waals surface area contributed by atoms with Gasteiger partial charge in [-0.3, -0.25) is 19.2 Å². The van der Waals surface area contributed by atoms with Crippen LogP contribution in [0.15, 0.2) is 78.9 Å². The second kappa shape index (κ2) is 6.94. The second-order valence-electron chi connectivity index (χ2n) is 8.38. The van der Waals surface area contributed by atoms with Crippen molar-refractivity contribution in [2.45, 2.75) is 11.7 Å². The largest absolute Gasteiger partial charge is 0.349 e. The molecule has 7 heteroatoms. The lowest BCUT2D eigenvalue weighted by Gasteiger charge is -2.27. The van der Waals surface area contributed by atoms with E-state index in [1.807, 2.05) is 0 Å². The van der Waals surface area contributed by atoms with Crippen LogP contribution >= 0.6 is 11.6 Å². The number of imide groups is 1. The molecule has 2 amide bonds. The predicted octanol–water partition coefficient (Wildman–Crippen LogP) is 4.04. The van der Waals surface area contributed by atoms with Crippen molar-refractivity contribution in [1.82, 2.24) is 0 Å². The Labute approximate surface area is 193 Å². The number of carbonyl (C=O) groups is 4. The zero-order chi connectivity index (χ0) is 22.9. The van der Waals surface area contributed by atoms with Crippen molar-refractivity contribution in [2.75, 3.05) is 4.90 Å². The summed E-state index contributed by atoms with van der Waals surface area (Å²) >= 11 is 6.03. The number of hydrogen-bond acceptors (Lipinski definition) is 5. The number of ketones is 2. The van der Waals surface area contributed by atoms with Gasteiger partial charge in [-0.15, -0.1) is 0 Å². The highest BCUT2D eigenvalue weighted by Crippen LogP contribution is 2.57. The monoisotopic (exact) mass is 457 g/mol. The molecule has 2 aliphatic heterocycles. The van der Waals surface area contributed by atoms with Crippen LogP contribution in [0, 0.1) is 11.8 Å². The summed E-state index contributed by atoms with van der Waals surface area (Å²) in [7, 11) is 0. The number of benzene rings is 3. The van der Waals surface area contributed by atoms with Crippen molar-refractivity contribution in [3.05, 3.63) is 101 Å². The molecule has 2 fully saturated rings. The van der Waals surface area contributed by atoms with E-state index in [0.29, 0.717) is 16.3 Å². The van der Waals surface area contributed by atoms with Crippen molar-refractivity contribution < 1.29 is 23.9 Å². The minimum atomic E-state index is -2.07. The molecule has 0 aromatic heterocycles. The highest BCUT2D eigenvalue weighted by atomic mass is 35.5. The first-order chi connectivity index (χ1) is 15.9. The first-order valence-electron chi connectivity index (χ1n) is 10.5. The van der Waals surface area contributed by atoms with Gasteiger partial charge in [-0.05, 0) is 29.8 Å². The van der Waals surface area contributed by atoms with Gasteiger partial charge < -0.3 is 4.74 Å². The third-order valence-electron chi connectivity index (χ3n) is 6.73. The van der Waals surface area contributed by atoms with Crippen molar-refractivity contribution in [2.24, 2.45) is 11.8 Å². The molecule has 2 saturated heterocycles. The Morgan fingerprint density at radius 1 is 0.727 bits per heavy atom. The van der Waals surface area contributed by atoms with Gasteiger partial charge in [0, 0.05) is 16.1 Å². The fraction of sp³-hybridized carbons (Fsp3) is 0.154. The Morgan fingerprint density at radius 3 is 1.91 bits per heavy atom. The first kappa shape index (κ1) is 20.0. The molecule has 3 aliphatic rings. The van der Waals surface area contributed by atoms with E-state index in [-0.39, 0.29) is 11.1 Å². The van der Waals surface area contributed by atoms with Crippen molar-refractivity contribution >= 4 is 40.7 Å². The quantitative estimate of drug-likeness (QED) is 0.428. The average Bonchev–Trinajstić information content (AvgIpc) is 3.40. The SMILES string of the molecule is O=C1[C@@H]2[C@@H](c3ccc(Cl)cc3)OC3(C(=O)c4ccccc4C3=O)[C@H]2C(=O)N1c1ccccc1. The molecule has 0 bridgehead atoms. The van der Waals surface area contributed by atoms with Crippen LogP contribution in [0.3, 0.4) is 0 Å². The van der Waals surface area contributed by atoms with Crippen LogP contribution in [-0.4, -0.2) is 29.0 Å². The van der Waals surface area contributed by atoms with Crippen molar-refractivity contribution in [3.63, 3.8) is 0 Å². The minimum Gasteiger partial charge on any atom is -0.349 e. The number of carbonyl (C=O) groups excluding carboxylic acids is 4. The van der Waals surface area contributed by atoms with Gasteiger partial charge in [0.2, 0.25) is 29.0 Å². The lowest BCUT2D eigenvalue weighted by molar-refractivity contribution is -0.127. The summed E-state index contributed by atoms with van der Waals surface area (Å²) in [5.41, 5.74) is -0.705. The summed E-state index contributed by atoms with van der Waals surface area (Å²) in [5.74, 6) is -4.55. The van der Waals surface area contributed by atoms with Crippen LogP contribution in [0.4, 0.5) is 5.69 Å². The van der Waals surface area contributed by atoms with Gasteiger partial charge in [0.05, 0.1) is 23.6 Å². The van der Waals surface area contributed by atoms with Gasteiger partial charge in [-0.25, -0.2) is 4.90 Å². The molecule has 1 aliphatic carbocycles. The normalized spacial score (nSPS) is 25.1. The Kier molecular flexibility index (Phi) is 4.21. The number of ether oxygens (including phenoxy) is 1. The molecule has 3 atom stereocenters. The summed E-state index contributed by atoms with van der Waals surface area (Å²) in [6.45, 7) is 0. The number of Topliss-reactive ketones (excluding diaryl/α,β-unsaturated/α-hetero) is 2. The zero-order valence-corrected chi connectivity index (χ0v) is 17.9. The number of rotatable bonds is 2. The maximum Gasteiger partial charge on any atom is 0.241 e. The molecule has 0 radical (unpaired) electrons. The number of halogens is 1. The van der Waals surface area contributed by atoms with E-state index < -0.39 is 46.9 Å². The van der Waals surface area contributed by atoms with Crippen LogP contribution in [0.1, 0.15) is 32.4 Å². The van der Waals surface area contributed by atoms with Crippen LogP contribution in [0.5, 0.6) is 0 Å². The van der Waals surface area contributed by atoms with Crippen LogP contribution in [0.25, 0.3) is 0 Å². The first-order valence-corrected chi connectivity index (χ1v) is 10.9. The van der Waals surface area contributed by atoms with Gasteiger partial charge in [-0.2, -0.15) is 0 Å². The standard InChI is InChI=1S/C26H16ClNO5/c27-15-12-10-14(11-13-15)21-19-20(25(32)28(24(19)31)16-6-2-1-3-7-16)26(33-21)22(29)17-8-4-5-9-18(17)23(26)30/h1-13,19-21H/t19-,20+,21+/m0/s1. The van der Waals surface area contributed by atoms with Crippen molar-refractivity contribution in [1.29, 1.82) is 0 Å². The van der Waals surface area contributed by atoms with Crippen LogP contribution < -0.4 is 4.90 Å². The Balaban J connectivity index is 1.55. The summed E-state index contributed by atoms with van der Waals surface area (Å²) < 4.78 is 6.22. The third-order valence-corrected chi connectivity index (χ3v) is 6.98. The third kappa shape index (κ3) is 2.53. The van der Waals surface area contributed by atoms with Crippen molar-refractivity contribution in [3.8, 4) is 0 Å². The molecule has 6 rings (SSSR count). The number of nitrogens with zero attached hydrogens (tertiary/aromatic N) is 1. The number of para-hydroxylation sites is 1. The van der Waals surface area contributed by atoms with Crippen LogP contribution in [-0.2, 0) is 14.3 Å². The summed E-state index contributed by atoms with van der Waals surface area (Å²) in [6.07, 6.45) is -0.959. The van der Waals surface area contributed by atoms with Gasteiger partial charge in [0.1, 0.15) is 0 Å². The predicted molar refractivity (Wildman–Crippen MR) is 119 cm³/mol. The highest BCUT2D eigenvalue weighted by molar-refractivity contribution is 6.37.